The molecule has 4 heteroatoms. The molecule has 0 unspecified atom stereocenters. The first kappa shape index (κ1) is 18.3. The first-order valence-electron chi connectivity index (χ1n) is 8.65. The summed E-state index contributed by atoms with van der Waals surface area (Å²) in [5.74, 6) is 0. The molecular weight excluding hydrogens is 336 g/mol. The number of benzene rings is 2. The molecule has 0 saturated carbocycles. The van der Waals surface area contributed by atoms with E-state index < -0.39 is 0 Å². The average molecular weight is 358 g/mol. The van der Waals surface area contributed by atoms with Crippen LogP contribution in [-0.4, -0.2) is 4.57 Å². The highest BCUT2D eigenvalue weighted by Crippen LogP contribution is 2.30. The molecule has 0 saturated heterocycles. The molecule has 3 rings (SSSR count). The van der Waals surface area contributed by atoms with Crippen molar-refractivity contribution in [3.63, 3.8) is 0 Å². The van der Waals surface area contributed by atoms with Gasteiger partial charge in [0.05, 0.1) is 0 Å². The number of nitrogens with zero attached hydrogens (tertiary/aromatic N) is 2. The standard InChI is InChI=1S/C23H22N2O2/c1-5-19(6-2)25(20-10-8-7-9-11-20)21-14-12-18(13-15-21)16-22-23(26)24(4)17(3)27-22/h5-16H,1,3H2,2,4H3/b19-6+,22-16+. The number of oxazole rings is 1. The van der Waals surface area contributed by atoms with Crippen LogP contribution in [0, 0.1) is 0 Å². The van der Waals surface area contributed by atoms with E-state index in [9.17, 15) is 4.79 Å². The minimum atomic E-state index is -0.196. The highest BCUT2D eigenvalue weighted by molar-refractivity contribution is 5.70. The largest absolute Gasteiger partial charge is 0.436 e. The lowest BCUT2D eigenvalue weighted by atomic mass is 10.1. The first-order chi connectivity index (χ1) is 13.0. The molecule has 4 nitrogen and oxygen atoms in total. The normalized spacial score (nSPS) is 12.2. The predicted octanol–water partition coefficient (Wildman–Crippen LogP) is 3.45. The van der Waals surface area contributed by atoms with Crippen molar-refractivity contribution in [2.45, 2.75) is 6.92 Å². The van der Waals surface area contributed by atoms with Gasteiger partial charge in [-0.05, 0) is 55.5 Å². The number of aromatic nitrogens is 1. The highest BCUT2D eigenvalue weighted by Gasteiger charge is 2.11. The van der Waals surface area contributed by atoms with Gasteiger partial charge >= 0.3 is 0 Å². The second-order valence-corrected chi connectivity index (χ2v) is 6.05. The molecule has 27 heavy (non-hydrogen) atoms. The van der Waals surface area contributed by atoms with E-state index >= 15 is 0 Å². The van der Waals surface area contributed by atoms with Crippen LogP contribution in [0.4, 0.5) is 11.4 Å². The Kier molecular flexibility index (Phi) is 5.27. The molecule has 0 atom stereocenters. The smallest absolute Gasteiger partial charge is 0.296 e. The summed E-state index contributed by atoms with van der Waals surface area (Å²) in [6.45, 7) is 9.62. The maximum Gasteiger partial charge on any atom is 0.296 e. The van der Waals surface area contributed by atoms with Crippen molar-refractivity contribution in [1.82, 2.24) is 4.57 Å². The molecule has 0 aliphatic rings. The van der Waals surface area contributed by atoms with E-state index in [4.69, 9.17) is 4.42 Å². The van der Waals surface area contributed by atoms with Gasteiger partial charge < -0.3 is 9.32 Å². The maximum absolute atomic E-state index is 12.1. The van der Waals surface area contributed by atoms with Crippen molar-refractivity contribution in [2.24, 2.45) is 7.05 Å². The van der Waals surface area contributed by atoms with E-state index in [0.717, 1.165) is 22.6 Å². The van der Waals surface area contributed by atoms with Crippen LogP contribution in [0.25, 0.3) is 12.7 Å². The second kappa shape index (κ2) is 7.79. The van der Waals surface area contributed by atoms with Gasteiger partial charge in [-0.1, -0.05) is 43.0 Å². The molecule has 1 aromatic heterocycles. The number of para-hydroxylation sites is 1. The van der Waals surface area contributed by atoms with Crippen LogP contribution in [0.1, 0.15) is 12.5 Å². The third-order valence-electron chi connectivity index (χ3n) is 4.34. The topological polar surface area (TPSA) is 38.4 Å². The third-order valence-corrected chi connectivity index (χ3v) is 4.34. The number of anilines is 2. The summed E-state index contributed by atoms with van der Waals surface area (Å²) in [7, 11) is 1.64. The fraction of sp³-hybridized carbons (Fsp3) is 0.0870. The van der Waals surface area contributed by atoms with Crippen LogP contribution in [0.5, 0.6) is 0 Å². The fourth-order valence-corrected chi connectivity index (χ4v) is 2.84. The summed E-state index contributed by atoms with van der Waals surface area (Å²) in [6, 6.07) is 18.0. The van der Waals surface area contributed by atoms with Gasteiger partial charge in [0.2, 0.25) is 0 Å². The summed E-state index contributed by atoms with van der Waals surface area (Å²) >= 11 is 0. The Hall–Kier alpha value is -3.53. The molecule has 0 N–H and O–H groups in total. The van der Waals surface area contributed by atoms with Crippen LogP contribution in [0.2, 0.25) is 0 Å². The van der Waals surface area contributed by atoms with Crippen LogP contribution < -0.4 is 21.4 Å². The molecular formula is C23H22N2O2. The van der Waals surface area contributed by atoms with Crippen molar-refractivity contribution in [1.29, 1.82) is 0 Å². The summed E-state index contributed by atoms with van der Waals surface area (Å²) in [6.07, 6.45) is 5.56. The zero-order valence-corrected chi connectivity index (χ0v) is 15.6. The van der Waals surface area contributed by atoms with Crippen molar-refractivity contribution in [3.05, 3.63) is 106 Å². The third kappa shape index (κ3) is 3.70. The zero-order valence-electron chi connectivity index (χ0n) is 15.6. The number of allylic oxidation sites excluding steroid dienone is 2. The summed E-state index contributed by atoms with van der Waals surface area (Å²) in [5.41, 5.74) is 4.31. The Labute approximate surface area is 158 Å². The number of hydrogen-bond acceptors (Lipinski definition) is 3. The molecule has 136 valence electrons. The summed E-state index contributed by atoms with van der Waals surface area (Å²) in [5, 5.41) is 0. The van der Waals surface area contributed by atoms with E-state index in [2.05, 4.69) is 30.2 Å². The number of rotatable bonds is 5. The average Bonchev–Trinajstić information content (AvgIpc) is 2.94. The Morgan fingerprint density at radius 1 is 1.07 bits per heavy atom. The van der Waals surface area contributed by atoms with E-state index in [-0.39, 0.29) is 11.0 Å². The van der Waals surface area contributed by atoms with E-state index in [1.165, 1.54) is 4.57 Å². The molecule has 0 amide bonds. The second-order valence-electron chi connectivity index (χ2n) is 6.05. The van der Waals surface area contributed by atoms with Gasteiger partial charge in [-0.25, -0.2) is 0 Å². The fourth-order valence-electron chi connectivity index (χ4n) is 2.84. The van der Waals surface area contributed by atoms with Gasteiger partial charge in [0.25, 0.3) is 5.56 Å². The lowest BCUT2D eigenvalue weighted by Gasteiger charge is -2.26. The lowest BCUT2D eigenvalue weighted by Crippen LogP contribution is -2.28. The van der Waals surface area contributed by atoms with Crippen molar-refractivity contribution < 1.29 is 4.42 Å². The Balaban J connectivity index is 2.04. The Morgan fingerprint density at radius 3 is 2.22 bits per heavy atom. The molecule has 3 aromatic rings. The molecule has 0 bridgehead atoms. The molecule has 0 aliphatic heterocycles. The maximum atomic E-state index is 12.1. The van der Waals surface area contributed by atoms with E-state index in [1.54, 1.807) is 13.1 Å². The van der Waals surface area contributed by atoms with Crippen molar-refractivity contribution >= 4 is 24.0 Å². The van der Waals surface area contributed by atoms with Gasteiger partial charge in [-0.15, -0.1) is 0 Å². The van der Waals surface area contributed by atoms with Gasteiger partial charge in [0.1, 0.15) is 0 Å². The highest BCUT2D eigenvalue weighted by atomic mass is 16.4. The summed E-state index contributed by atoms with van der Waals surface area (Å²) in [4.78, 5) is 14.2. The Bertz CT molecular complexity index is 1130. The van der Waals surface area contributed by atoms with Gasteiger partial charge in [0.15, 0.2) is 11.0 Å². The van der Waals surface area contributed by atoms with Gasteiger partial charge in [-0.3, -0.25) is 9.36 Å². The minimum absolute atomic E-state index is 0.196. The number of hydrogen-bond donors (Lipinski definition) is 0. The van der Waals surface area contributed by atoms with Crippen LogP contribution in [0.15, 0.2) is 88.2 Å². The quantitative estimate of drug-likeness (QED) is 0.656. The molecule has 0 radical (unpaired) electrons. The van der Waals surface area contributed by atoms with Crippen molar-refractivity contribution in [2.75, 3.05) is 4.90 Å². The molecule has 0 fully saturated rings. The van der Waals surface area contributed by atoms with Crippen LogP contribution in [-0.2, 0) is 7.05 Å². The predicted molar refractivity (Wildman–Crippen MR) is 111 cm³/mol. The molecule has 0 spiro atoms. The van der Waals surface area contributed by atoms with Crippen LogP contribution in [0.3, 0.4) is 0 Å². The van der Waals surface area contributed by atoms with Gasteiger partial charge in [0, 0.05) is 24.1 Å². The first-order valence-corrected chi connectivity index (χ1v) is 8.65. The summed E-state index contributed by atoms with van der Waals surface area (Å²) < 4.78 is 6.81. The SMILES string of the molecule is C=C/C(=C\C)N(c1ccccc1)c1ccc(/C=c2/oc(=C)n(C)c2=O)cc1. The molecule has 0 aliphatic carbocycles. The lowest BCUT2D eigenvalue weighted by molar-refractivity contribution is 0.477. The minimum Gasteiger partial charge on any atom is -0.436 e. The van der Waals surface area contributed by atoms with Gasteiger partial charge in [-0.2, -0.15) is 0 Å². The van der Waals surface area contributed by atoms with Crippen molar-refractivity contribution in [3.8, 4) is 0 Å². The van der Waals surface area contributed by atoms with Crippen LogP contribution >= 0.6 is 0 Å². The monoisotopic (exact) mass is 358 g/mol. The van der Waals surface area contributed by atoms with E-state index in [0.29, 0.717) is 5.55 Å². The Morgan fingerprint density at radius 2 is 1.70 bits per heavy atom. The zero-order chi connectivity index (χ0) is 19.4. The molecule has 1 heterocycles. The molecule has 2 aromatic carbocycles. The van der Waals surface area contributed by atoms with E-state index in [1.807, 2.05) is 61.5 Å².